The molecule has 0 spiro atoms. The number of ether oxygens (including phenoxy) is 1. The van der Waals surface area contributed by atoms with Gasteiger partial charge in [-0.05, 0) is 66.3 Å². The average molecular weight is 729 g/mol. The lowest BCUT2D eigenvalue weighted by Gasteiger charge is -2.32. The summed E-state index contributed by atoms with van der Waals surface area (Å²) in [5, 5.41) is 15.5. The Labute approximate surface area is 314 Å². The van der Waals surface area contributed by atoms with Gasteiger partial charge >= 0.3 is 5.97 Å². The summed E-state index contributed by atoms with van der Waals surface area (Å²) in [4.78, 5) is 69.3. The number of carboxylic acid groups (broad SMARTS) is 1. The van der Waals surface area contributed by atoms with Crippen LogP contribution in [0.3, 0.4) is 0 Å². The zero-order chi connectivity index (χ0) is 38.1. The van der Waals surface area contributed by atoms with Gasteiger partial charge in [0.05, 0.1) is 5.41 Å². The summed E-state index contributed by atoms with van der Waals surface area (Å²) in [5.74, 6) is -1.96. The van der Waals surface area contributed by atoms with E-state index in [0.29, 0.717) is 42.8 Å². The molecule has 1 aliphatic carbocycles. The van der Waals surface area contributed by atoms with Gasteiger partial charge in [0.2, 0.25) is 11.8 Å². The van der Waals surface area contributed by atoms with E-state index in [-0.39, 0.29) is 42.4 Å². The molecule has 2 unspecified atom stereocenters. The van der Waals surface area contributed by atoms with Gasteiger partial charge < -0.3 is 25.4 Å². The molecule has 0 aromatic heterocycles. The predicted octanol–water partition coefficient (Wildman–Crippen LogP) is 5.88. The van der Waals surface area contributed by atoms with E-state index >= 15 is 0 Å². The first kappa shape index (κ1) is 37.5. The van der Waals surface area contributed by atoms with Crippen LogP contribution < -0.4 is 20.3 Å². The second-order valence-electron chi connectivity index (χ2n) is 13.7. The largest absolute Gasteiger partial charge is 0.484 e. The third-order valence-corrected chi connectivity index (χ3v) is 10.1. The molecule has 6 rings (SSSR count). The standard InChI is InChI=1S/C43H44N4O7/c1-30(48)44-26-25-43(23-11-12-24-43)42(53)45-36(41(51)52)27-32-19-21-34(22-20-32)46-39(33-15-7-3-8-16-33)47(38(49)29-54-35-17-9-4-10-18-35)37(40(46)50)28-31-13-5-2-6-14-31/h2-10,13-22,27,37,39H,11-12,23-26,28-29H2,1H3,(H,44,48)(H,45,53)(H,51,52)/b36-27-. The van der Waals surface area contributed by atoms with Crippen molar-refractivity contribution in [2.24, 2.45) is 5.41 Å². The Morgan fingerprint density at radius 2 is 1.46 bits per heavy atom. The molecule has 2 aliphatic rings. The third kappa shape index (κ3) is 8.69. The zero-order valence-corrected chi connectivity index (χ0v) is 30.1. The number of hydrogen-bond donors (Lipinski definition) is 3. The Hall–Kier alpha value is -6.23. The number of carbonyl (C=O) groups excluding carboxylic acids is 4. The lowest BCUT2D eigenvalue weighted by Crippen LogP contribution is -2.43. The summed E-state index contributed by atoms with van der Waals surface area (Å²) >= 11 is 0. The van der Waals surface area contributed by atoms with Gasteiger partial charge in [-0.1, -0.05) is 104 Å². The van der Waals surface area contributed by atoms with E-state index in [1.165, 1.54) is 13.0 Å². The summed E-state index contributed by atoms with van der Waals surface area (Å²) < 4.78 is 5.88. The molecule has 0 radical (unpaired) electrons. The van der Waals surface area contributed by atoms with E-state index < -0.39 is 23.6 Å². The van der Waals surface area contributed by atoms with Crippen molar-refractivity contribution in [2.75, 3.05) is 18.1 Å². The van der Waals surface area contributed by atoms with E-state index in [1.807, 2.05) is 78.9 Å². The molecule has 278 valence electrons. The van der Waals surface area contributed by atoms with Gasteiger partial charge in [0.15, 0.2) is 6.61 Å². The summed E-state index contributed by atoms with van der Waals surface area (Å²) in [6.07, 6.45) is 4.18. The minimum absolute atomic E-state index is 0.188. The van der Waals surface area contributed by atoms with Gasteiger partial charge in [-0.15, -0.1) is 0 Å². The van der Waals surface area contributed by atoms with Crippen LogP contribution in [0.1, 0.15) is 61.9 Å². The Morgan fingerprint density at radius 3 is 2.07 bits per heavy atom. The predicted molar refractivity (Wildman–Crippen MR) is 204 cm³/mol. The topological polar surface area (TPSA) is 145 Å². The van der Waals surface area contributed by atoms with E-state index in [4.69, 9.17) is 4.74 Å². The number of anilines is 1. The van der Waals surface area contributed by atoms with E-state index in [0.717, 1.165) is 24.0 Å². The van der Waals surface area contributed by atoms with Gasteiger partial charge in [-0.3, -0.25) is 24.1 Å². The number of amides is 4. The molecule has 54 heavy (non-hydrogen) atoms. The van der Waals surface area contributed by atoms with Gasteiger partial charge in [-0.2, -0.15) is 0 Å². The molecule has 0 bridgehead atoms. The van der Waals surface area contributed by atoms with Crippen LogP contribution in [-0.4, -0.2) is 58.8 Å². The first-order chi connectivity index (χ1) is 26.1. The highest BCUT2D eigenvalue weighted by Gasteiger charge is 2.49. The zero-order valence-electron chi connectivity index (χ0n) is 30.1. The normalized spacial score (nSPS) is 17.9. The summed E-state index contributed by atoms with van der Waals surface area (Å²) in [6, 6.07) is 33.8. The van der Waals surface area contributed by atoms with Crippen molar-refractivity contribution in [2.45, 2.75) is 57.7 Å². The van der Waals surface area contributed by atoms with Crippen molar-refractivity contribution in [1.82, 2.24) is 15.5 Å². The first-order valence-electron chi connectivity index (χ1n) is 18.2. The Morgan fingerprint density at radius 1 is 0.852 bits per heavy atom. The maximum Gasteiger partial charge on any atom is 0.352 e. The highest BCUT2D eigenvalue weighted by Crippen LogP contribution is 2.42. The van der Waals surface area contributed by atoms with E-state index in [9.17, 15) is 29.1 Å². The molecule has 3 N–H and O–H groups in total. The van der Waals surface area contributed by atoms with Crippen molar-refractivity contribution in [3.8, 4) is 5.75 Å². The SMILES string of the molecule is CC(=O)NCCC1(C(=O)N/C(=C\c2ccc(N3C(=O)C(Cc4ccccc4)N(C(=O)COc4ccccc4)C3c3ccccc3)cc2)C(=O)O)CCCC1. The van der Waals surface area contributed by atoms with Gasteiger partial charge in [0, 0.05) is 25.6 Å². The van der Waals surface area contributed by atoms with E-state index in [1.54, 1.807) is 46.2 Å². The smallest absolute Gasteiger partial charge is 0.352 e. The van der Waals surface area contributed by atoms with Crippen LogP contribution in [0.2, 0.25) is 0 Å². The number of rotatable bonds is 14. The Bertz CT molecular complexity index is 1980. The monoisotopic (exact) mass is 728 g/mol. The van der Waals surface area contributed by atoms with Crippen molar-refractivity contribution in [3.63, 3.8) is 0 Å². The van der Waals surface area contributed by atoms with Crippen LogP contribution in [0, 0.1) is 5.41 Å². The number of nitrogens with one attached hydrogen (secondary N) is 2. The minimum atomic E-state index is -1.29. The molecular weight excluding hydrogens is 684 g/mol. The molecule has 4 aromatic rings. The lowest BCUT2D eigenvalue weighted by molar-refractivity contribution is -0.138. The quantitative estimate of drug-likeness (QED) is 0.138. The second-order valence-corrected chi connectivity index (χ2v) is 13.7. The molecule has 4 amide bonds. The fourth-order valence-corrected chi connectivity index (χ4v) is 7.39. The number of benzene rings is 4. The highest BCUT2D eigenvalue weighted by atomic mass is 16.5. The van der Waals surface area contributed by atoms with Gasteiger partial charge in [-0.25, -0.2) is 4.79 Å². The molecule has 1 saturated heterocycles. The summed E-state index contributed by atoms with van der Waals surface area (Å²) in [5.41, 5.74) is 1.57. The molecule has 2 fully saturated rings. The van der Waals surface area contributed by atoms with Gasteiger partial charge in [0.25, 0.3) is 11.8 Å². The van der Waals surface area contributed by atoms with Crippen molar-refractivity contribution >= 4 is 41.4 Å². The number of carboxylic acids is 1. The van der Waals surface area contributed by atoms with Crippen LogP contribution >= 0.6 is 0 Å². The van der Waals surface area contributed by atoms with Crippen LogP contribution in [0.4, 0.5) is 5.69 Å². The highest BCUT2D eigenvalue weighted by molar-refractivity contribution is 6.04. The molecule has 1 heterocycles. The minimum Gasteiger partial charge on any atom is -0.484 e. The molecule has 1 aliphatic heterocycles. The van der Waals surface area contributed by atoms with Crippen molar-refractivity contribution in [1.29, 1.82) is 0 Å². The van der Waals surface area contributed by atoms with Crippen LogP contribution in [-0.2, 0) is 30.4 Å². The maximum absolute atomic E-state index is 14.6. The molecule has 11 heteroatoms. The average Bonchev–Trinajstić information content (AvgIpc) is 3.78. The third-order valence-electron chi connectivity index (χ3n) is 10.1. The Kier molecular flexibility index (Phi) is 11.9. The number of hydrogen-bond acceptors (Lipinski definition) is 6. The summed E-state index contributed by atoms with van der Waals surface area (Å²) in [7, 11) is 0. The molecule has 4 aromatic carbocycles. The first-order valence-corrected chi connectivity index (χ1v) is 18.2. The number of carbonyl (C=O) groups is 5. The number of nitrogens with zero attached hydrogens (tertiary/aromatic N) is 2. The summed E-state index contributed by atoms with van der Waals surface area (Å²) in [6.45, 7) is 1.46. The fraction of sp³-hybridized carbons (Fsp3) is 0.279. The number of para-hydroxylation sites is 1. The lowest BCUT2D eigenvalue weighted by atomic mass is 9.81. The van der Waals surface area contributed by atoms with Crippen LogP contribution in [0.15, 0.2) is 121 Å². The molecule has 2 atom stereocenters. The van der Waals surface area contributed by atoms with Crippen LogP contribution in [0.25, 0.3) is 6.08 Å². The molecule has 1 saturated carbocycles. The fourth-order valence-electron chi connectivity index (χ4n) is 7.39. The Balaban J connectivity index is 1.30. The van der Waals surface area contributed by atoms with Crippen LogP contribution in [0.5, 0.6) is 5.75 Å². The van der Waals surface area contributed by atoms with Crippen molar-refractivity contribution < 1.29 is 33.8 Å². The van der Waals surface area contributed by atoms with Gasteiger partial charge in [0.1, 0.15) is 23.7 Å². The van der Waals surface area contributed by atoms with E-state index in [2.05, 4.69) is 10.6 Å². The number of aliphatic carboxylic acids is 1. The maximum atomic E-state index is 14.6. The molecular formula is C43H44N4O7. The van der Waals surface area contributed by atoms with Crippen molar-refractivity contribution in [3.05, 3.63) is 138 Å². The second kappa shape index (κ2) is 17.1. The molecule has 11 nitrogen and oxygen atoms in total.